The molecule has 0 aliphatic rings. The van der Waals surface area contributed by atoms with Crippen LogP contribution < -0.4 is 5.32 Å². The van der Waals surface area contributed by atoms with E-state index >= 15 is 0 Å². The van der Waals surface area contributed by atoms with Gasteiger partial charge in [0.15, 0.2) is 0 Å². The molecule has 1 heterocycles. The van der Waals surface area contributed by atoms with E-state index < -0.39 is 0 Å². The van der Waals surface area contributed by atoms with Crippen LogP contribution >= 0.6 is 11.6 Å². The molecule has 0 bridgehead atoms. The first-order valence-corrected chi connectivity index (χ1v) is 7.28. The number of nitrogens with one attached hydrogen (secondary N) is 1. The molecule has 0 radical (unpaired) electrons. The van der Waals surface area contributed by atoms with Gasteiger partial charge in [-0.15, -0.1) is 11.6 Å². The van der Waals surface area contributed by atoms with Gasteiger partial charge in [-0.05, 0) is 43.9 Å². The molecule has 1 unspecified atom stereocenters. The van der Waals surface area contributed by atoms with Crippen molar-refractivity contribution in [3.63, 3.8) is 0 Å². The Labute approximate surface area is 129 Å². The van der Waals surface area contributed by atoms with Gasteiger partial charge in [0.1, 0.15) is 5.76 Å². The molecule has 112 valence electrons. The Morgan fingerprint density at radius 2 is 2.00 bits per heavy atom. The van der Waals surface area contributed by atoms with Crippen LogP contribution in [0.2, 0.25) is 0 Å². The highest BCUT2D eigenvalue weighted by molar-refractivity contribution is 6.17. The first-order valence-electron chi connectivity index (χ1n) is 6.74. The van der Waals surface area contributed by atoms with E-state index in [4.69, 9.17) is 16.0 Å². The molecule has 2 rings (SSSR count). The maximum Gasteiger partial charge on any atom is 0.251 e. The zero-order valence-corrected chi connectivity index (χ0v) is 12.9. The van der Waals surface area contributed by atoms with Crippen LogP contribution in [0.4, 0.5) is 0 Å². The Morgan fingerprint density at radius 3 is 2.52 bits per heavy atom. The molecule has 1 N–H and O–H groups in total. The van der Waals surface area contributed by atoms with Crippen LogP contribution in [0, 0.1) is 0 Å². The summed E-state index contributed by atoms with van der Waals surface area (Å²) < 4.78 is 5.42. The van der Waals surface area contributed by atoms with Gasteiger partial charge in [-0.2, -0.15) is 0 Å². The molecular weight excluding hydrogens is 288 g/mol. The summed E-state index contributed by atoms with van der Waals surface area (Å²) in [6.45, 7) is 0.483. The van der Waals surface area contributed by atoms with E-state index in [1.54, 1.807) is 18.4 Å². The van der Waals surface area contributed by atoms with Gasteiger partial charge in [0.2, 0.25) is 0 Å². The van der Waals surface area contributed by atoms with Crippen molar-refractivity contribution >= 4 is 17.5 Å². The number of rotatable bonds is 6. The number of alkyl halides is 1. The van der Waals surface area contributed by atoms with Crippen LogP contribution in [0.15, 0.2) is 47.1 Å². The Morgan fingerprint density at radius 1 is 1.29 bits per heavy atom. The van der Waals surface area contributed by atoms with Crippen LogP contribution in [0.3, 0.4) is 0 Å². The SMILES string of the molecule is CN(C)C(CNC(=O)c1ccc(CCl)cc1)c1ccco1. The van der Waals surface area contributed by atoms with E-state index in [-0.39, 0.29) is 11.9 Å². The third kappa shape index (κ3) is 4.09. The number of benzene rings is 1. The lowest BCUT2D eigenvalue weighted by Gasteiger charge is -2.22. The predicted molar refractivity (Wildman–Crippen MR) is 83.5 cm³/mol. The summed E-state index contributed by atoms with van der Waals surface area (Å²) in [7, 11) is 3.91. The van der Waals surface area contributed by atoms with Crippen LogP contribution in [0.5, 0.6) is 0 Å². The number of hydrogen-bond donors (Lipinski definition) is 1. The van der Waals surface area contributed by atoms with Crippen molar-refractivity contribution in [2.24, 2.45) is 0 Å². The van der Waals surface area contributed by atoms with Crippen molar-refractivity contribution < 1.29 is 9.21 Å². The number of likely N-dealkylation sites (N-methyl/N-ethyl adjacent to an activating group) is 1. The standard InChI is InChI=1S/C16H19ClN2O2/c1-19(2)14(15-4-3-9-21-15)11-18-16(20)13-7-5-12(10-17)6-8-13/h3-9,14H,10-11H2,1-2H3,(H,18,20). The van der Waals surface area contributed by atoms with Gasteiger partial charge in [-0.1, -0.05) is 12.1 Å². The molecule has 4 nitrogen and oxygen atoms in total. The van der Waals surface area contributed by atoms with E-state index in [1.807, 2.05) is 43.3 Å². The number of amides is 1. The quantitative estimate of drug-likeness (QED) is 0.834. The minimum absolute atomic E-state index is 0.00562. The number of carbonyl (C=O) groups is 1. The lowest BCUT2D eigenvalue weighted by molar-refractivity contribution is 0.0939. The van der Waals surface area contributed by atoms with Crippen molar-refractivity contribution in [1.29, 1.82) is 0 Å². The summed E-state index contributed by atoms with van der Waals surface area (Å²) in [5, 5.41) is 2.93. The molecule has 0 saturated heterocycles. The fraction of sp³-hybridized carbons (Fsp3) is 0.312. The number of furan rings is 1. The molecule has 0 saturated carbocycles. The fourth-order valence-electron chi connectivity index (χ4n) is 2.06. The van der Waals surface area contributed by atoms with Crippen LogP contribution in [-0.2, 0) is 5.88 Å². The Kier molecular flexibility index (Phi) is 5.42. The maximum atomic E-state index is 12.1. The monoisotopic (exact) mass is 306 g/mol. The van der Waals surface area contributed by atoms with Crippen molar-refractivity contribution in [2.45, 2.75) is 11.9 Å². The highest BCUT2D eigenvalue weighted by Crippen LogP contribution is 2.17. The van der Waals surface area contributed by atoms with E-state index in [2.05, 4.69) is 5.32 Å². The Balaban J connectivity index is 1.98. The summed E-state index contributed by atoms with van der Waals surface area (Å²) in [5.41, 5.74) is 1.62. The second kappa shape index (κ2) is 7.29. The first kappa shape index (κ1) is 15.6. The molecule has 1 amide bonds. The summed E-state index contributed by atoms with van der Waals surface area (Å²) in [4.78, 5) is 14.2. The van der Waals surface area contributed by atoms with Crippen molar-refractivity contribution in [1.82, 2.24) is 10.2 Å². The average molecular weight is 307 g/mol. The highest BCUT2D eigenvalue weighted by Gasteiger charge is 2.18. The number of nitrogens with zero attached hydrogens (tertiary/aromatic N) is 1. The molecule has 0 aliphatic heterocycles. The molecule has 0 aliphatic carbocycles. The van der Waals surface area contributed by atoms with E-state index in [0.29, 0.717) is 18.0 Å². The highest BCUT2D eigenvalue weighted by atomic mass is 35.5. The van der Waals surface area contributed by atoms with Crippen LogP contribution in [0.25, 0.3) is 0 Å². The van der Waals surface area contributed by atoms with Gasteiger partial charge in [0.25, 0.3) is 5.91 Å². The summed E-state index contributed by atoms with van der Waals surface area (Å²) >= 11 is 5.74. The summed E-state index contributed by atoms with van der Waals surface area (Å²) in [5.74, 6) is 1.18. The molecule has 1 aromatic carbocycles. The molecule has 2 aromatic rings. The third-order valence-electron chi connectivity index (χ3n) is 3.32. The maximum absolute atomic E-state index is 12.1. The minimum atomic E-state index is -0.102. The zero-order chi connectivity index (χ0) is 15.2. The van der Waals surface area contributed by atoms with E-state index in [0.717, 1.165) is 11.3 Å². The van der Waals surface area contributed by atoms with Gasteiger partial charge in [0, 0.05) is 18.0 Å². The lowest BCUT2D eigenvalue weighted by atomic mass is 10.1. The van der Waals surface area contributed by atoms with E-state index in [9.17, 15) is 4.79 Å². The predicted octanol–water partition coefficient (Wildman–Crippen LogP) is 3.05. The number of carbonyl (C=O) groups excluding carboxylic acids is 1. The Hall–Kier alpha value is -1.78. The zero-order valence-electron chi connectivity index (χ0n) is 12.2. The lowest BCUT2D eigenvalue weighted by Crippen LogP contribution is -2.34. The smallest absolute Gasteiger partial charge is 0.251 e. The van der Waals surface area contributed by atoms with Crippen molar-refractivity contribution in [3.8, 4) is 0 Å². The minimum Gasteiger partial charge on any atom is -0.468 e. The van der Waals surface area contributed by atoms with Gasteiger partial charge in [-0.3, -0.25) is 9.69 Å². The third-order valence-corrected chi connectivity index (χ3v) is 3.63. The van der Waals surface area contributed by atoms with Gasteiger partial charge in [-0.25, -0.2) is 0 Å². The molecule has 0 fully saturated rings. The molecule has 0 spiro atoms. The largest absolute Gasteiger partial charge is 0.468 e. The van der Waals surface area contributed by atoms with Gasteiger partial charge >= 0.3 is 0 Å². The van der Waals surface area contributed by atoms with Crippen LogP contribution in [0.1, 0.15) is 27.7 Å². The number of halogens is 1. The molecular formula is C16H19ClN2O2. The Bertz CT molecular complexity index is 564. The molecule has 5 heteroatoms. The van der Waals surface area contributed by atoms with Crippen molar-refractivity contribution in [3.05, 3.63) is 59.5 Å². The van der Waals surface area contributed by atoms with Crippen molar-refractivity contribution in [2.75, 3.05) is 20.6 Å². The summed E-state index contributed by atoms with van der Waals surface area (Å²) in [6, 6.07) is 11.0. The van der Waals surface area contributed by atoms with Gasteiger partial charge < -0.3 is 9.73 Å². The van der Waals surface area contributed by atoms with Gasteiger partial charge in [0.05, 0.1) is 12.3 Å². The molecule has 1 atom stereocenters. The normalized spacial score (nSPS) is 12.4. The average Bonchev–Trinajstić information content (AvgIpc) is 3.01. The topological polar surface area (TPSA) is 45.5 Å². The fourth-order valence-corrected chi connectivity index (χ4v) is 2.23. The second-order valence-corrected chi connectivity index (χ2v) is 5.30. The second-order valence-electron chi connectivity index (χ2n) is 5.04. The summed E-state index contributed by atoms with van der Waals surface area (Å²) in [6.07, 6.45) is 1.64. The molecule has 21 heavy (non-hydrogen) atoms. The number of hydrogen-bond acceptors (Lipinski definition) is 3. The van der Waals surface area contributed by atoms with Crippen LogP contribution in [-0.4, -0.2) is 31.4 Å². The first-order chi connectivity index (χ1) is 10.1. The molecule has 1 aromatic heterocycles. The van der Waals surface area contributed by atoms with E-state index in [1.165, 1.54) is 0 Å².